The van der Waals surface area contributed by atoms with Gasteiger partial charge in [-0.05, 0) is 35.4 Å². The van der Waals surface area contributed by atoms with E-state index in [4.69, 9.17) is 33.0 Å². The maximum Gasteiger partial charge on any atom is 0.317 e. The van der Waals surface area contributed by atoms with Crippen molar-refractivity contribution in [2.75, 3.05) is 6.54 Å². The number of hydrogen-bond acceptors (Lipinski definition) is 3. The largest absolute Gasteiger partial charge is 0.489 e. The zero-order valence-electron chi connectivity index (χ0n) is 11.7. The number of ether oxygens (including phenoxy) is 1. The highest BCUT2D eigenvalue weighted by molar-refractivity contribution is 6.42. The molecule has 0 radical (unpaired) electrons. The van der Waals surface area contributed by atoms with E-state index in [1.54, 1.807) is 12.1 Å². The van der Waals surface area contributed by atoms with Gasteiger partial charge in [0.15, 0.2) is 0 Å². The first kappa shape index (κ1) is 16.6. The highest BCUT2D eigenvalue weighted by Gasteiger charge is 2.02. The van der Waals surface area contributed by atoms with E-state index < -0.39 is 5.97 Å². The minimum Gasteiger partial charge on any atom is -0.489 e. The van der Waals surface area contributed by atoms with E-state index in [1.807, 2.05) is 30.3 Å². The molecule has 0 spiro atoms. The Morgan fingerprint density at radius 2 is 1.91 bits per heavy atom. The number of carbonyl (C=O) groups is 1. The molecule has 0 aliphatic rings. The van der Waals surface area contributed by atoms with Crippen molar-refractivity contribution in [3.8, 4) is 5.75 Å². The second kappa shape index (κ2) is 8.03. The quantitative estimate of drug-likeness (QED) is 0.806. The van der Waals surface area contributed by atoms with Gasteiger partial charge in [-0.2, -0.15) is 0 Å². The van der Waals surface area contributed by atoms with E-state index in [0.29, 0.717) is 28.9 Å². The zero-order valence-corrected chi connectivity index (χ0v) is 13.2. The van der Waals surface area contributed by atoms with Crippen molar-refractivity contribution in [1.29, 1.82) is 0 Å². The molecule has 0 unspecified atom stereocenters. The van der Waals surface area contributed by atoms with Crippen molar-refractivity contribution in [1.82, 2.24) is 5.32 Å². The first-order valence-corrected chi connectivity index (χ1v) is 7.38. The van der Waals surface area contributed by atoms with Crippen LogP contribution in [0, 0.1) is 0 Å². The summed E-state index contributed by atoms with van der Waals surface area (Å²) in [6.07, 6.45) is 0. The molecule has 0 heterocycles. The normalized spacial score (nSPS) is 10.5. The second-order valence-corrected chi connectivity index (χ2v) is 5.50. The van der Waals surface area contributed by atoms with Crippen molar-refractivity contribution in [2.45, 2.75) is 13.2 Å². The third-order valence-electron chi connectivity index (χ3n) is 2.89. The first-order chi connectivity index (χ1) is 10.5. The summed E-state index contributed by atoms with van der Waals surface area (Å²) < 4.78 is 5.71. The lowest BCUT2D eigenvalue weighted by Gasteiger charge is -2.09. The van der Waals surface area contributed by atoms with Crippen LogP contribution in [0.1, 0.15) is 11.1 Å². The van der Waals surface area contributed by atoms with Crippen molar-refractivity contribution in [3.05, 3.63) is 63.6 Å². The average Bonchev–Trinajstić information content (AvgIpc) is 2.49. The summed E-state index contributed by atoms with van der Waals surface area (Å²) >= 11 is 11.8. The molecule has 0 aliphatic carbocycles. The van der Waals surface area contributed by atoms with Crippen LogP contribution in [0.3, 0.4) is 0 Å². The summed E-state index contributed by atoms with van der Waals surface area (Å²) in [6.45, 7) is 0.771. The highest BCUT2D eigenvalue weighted by atomic mass is 35.5. The lowest BCUT2D eigenvalue weighted by molar-refractivity contribution is -0.135. The number of benzene rings is 2. The number of carboxylic acids is 1. The van der Waals surface area contributed by atoms with Gasteiger partial charge in [-0.15, -0.1) is 0 Å². The van der Waals surface area contributed by atoms with Crippen LogP contribution in [-0.4, -0.2) is 17.6 Å². The minimum atomic E-state index is -0.882. The Labute approximate surface area is 138 Å². The van der Waals surface area contributed by atoms with E-state index in [2.05, 4.69) is 5.32 Å². The fourth-order valence-corrected chi connectivity index (χ4v) is 2.18. The van der Waals surface area contributed by atoms with Crippen LogP contribution in [0.5, 0.6) is 5.75 Å². The number of nitrogens with one attached hydrogen (secondary N) is 1. The summed E-state index contributed by atoms with van der Waals surface area (Å²) in [6, 6.07) is 12.8. The monoisotopic (exact) mass is 339 g/mol. The van der Waals surface area contributed by atoms with E-state index >= 15 is 0 Å². The number of halogens is 2. The summed E-state index contributed by atoms with van der Waals surface area (Å²) in [7, 11) is 0. The molecule has 2 aromatic rings. The smallest absolute Gasteiger partial charge is 0.317 e. The van der Waals surface area contributed by atoms with Gasteiger partial charge in [0, 0.05) is 6.54 Å². The SMILES string of the molecule is O=C(O)CNCc1cccc(OCc2ccc(Cl)c(Cl)c2)c1. The molecule has 0 aromatic heterocycles. The van der Waals surface area contributed by atoms with E-state index in [9.17, 15) is 4.79 Å². The van der Waals surface area contributed by atoms with Gasteiger partial charge in [0.2, 0.25) is 0 Å². The van der Waals surface area contributed by atoms with Crippen LogP contribution in [-0.2, 0) is 17.9 Å². The predicted molar refractivity (Wildman–Crippen MR) is 86.6 cm³/mol. The molecule has 0 aliphatic heterocycles. The van der Waals surface area contributed by atoms with E-state index in [0.717, 1.165) is 11.1 Å². The molecule has 116 valence electrons. The first-order valence-electron chi connectivity index (χ1n) is 6.63. The van der Waals surface area contributed by atoms with Gasteiger partial charge in [-0.25, -0.2) is 0 Å². The molecule has 2 rings (SSSR count). The van der Waals surface area contributed by atoms with E-state index in [-0.39, 0.29) is 6.54 Å². The fourth-order valence-electron chi connectivity index (χ4n) is 1.86. The summed E-state index contributed by atoms with van der Waals surface area (Å²) in [5.74, 6) is -0.173. The molecule has 0 bridgehead atoms. The third-order valence-corrected chi connectivity index (χ3v) is 3.63. The molecule has 0 saturated carbocycles. The van der Waals surface area contributed by atoms with Gasteiger partial charge in [0.05, 0.1) is 16.6 Å². The Kier molecular flexibility index (Phi) is 6.07. The molecule has 0 fully saturated rings. The van der Waals surface area contributed by atoms with Gasteiger partial charge in [-0.1, -0.05) is 41.4 Å². The van der Waals surface area contributed by atoms with Gasteiger partial charge < -0.3 is 15.2 Å². The topological polar surface area (TPSA) is 58.6 Å². The molecule has 2 N–H and O–H groups in total. The lowest BCUT2D eigenvalue weighted by atomic mass is 10.2. The summed E-state index contributed by atoms with van der Waals surface area (Å²) in [4.78, 5) is 10.5. The Morgan fingerprint density at radius 1 is 1.09 bits per heavy atom. The molecule has 0 saturated heterocycles. The average molecular weight is 340 g/mol. The third kappa shape index (κ3) is 5.22. The lowest BCUT2D eigenvalue weighted by Crippen LogP contribution is -2.21. The molecular weight excluding hydrogens is 325 g/mol. The van der Waals surface area contributed by atoms with Crippen LogP contribution >= 0.6 is 23.2 Å². The Hall–Kier alpha value is -1.75. The van der Waals surface area contributed by atoms with Crippen LogP contribution in [0.15, 0.2) is 42.5 Å². The molecule has 0 amide bonds. The van der Waals surface area contributed by atoms with Crippen LogP contribution < -0.4 is 10.1 Å². The predicted octanol–water partition coefficient (Wildman–Crippen LogP) is 3.75. The Bertz CT molecular complexity index is 662. The molecule has 2 aromatic carbocycles. The molecule has 6 heteroatoms. The summed E-state index contributed by atoms with van der Waals surface area (Å²) in [5.41, 5.74) is 1.87. The Balaban J connectivity index is 1.92. The fraction of sp³-hybridized carbons (Fsp3) is 0.188. The number of rotatable bonds is 7. The van der Waals surface area contributed by atoms with Crippen LogP contribution in [0.4, 0.5) is 0 Å². The molecule has 22 heavy (non-hydrogen) atoms. The van der Waals surface area contributed by atoms with Crippen molar-refractivity contribution >= 4 is 29.2 Å². The minimum absolute atomic E-state index is 0.0750. The van der Waals surface area contributed by atoms with Crippen molar-refractivity contribution in [2.24, 2.45) is 0 Å². The van der Waals surface area contributed by atoms with Crippen LogP contribution in [0.25, 0.3) is 0 Å². The van der Waals surface area contributed by atoms with Crippen LogP contribution in [0.2, 0.25) is 10.0 Å². The van der Waals surface area contributed by atoms with Gasteiger partial charge >= 0.3 is 5.97 Å². The van der Waals surface area contributed by atoms with Crippen molar-refractivity contribution < 1.29 is 14.6 Å². The second-order valence-electron chi connectivity index (χ2n) is 4.68. The van der Waals surface area contributed by atoms with Gasteiger partial charge in [0.1, 0.15) is 12.4 Å². The molecule has 4 nitrogen and oxygen atoms in total. The summed E-state index contributed by atoms with van der Waals surface area (Å²) in [5, 5.41) is 12.4. The standard InChI is InChI=1S/C16H15Cl2NO3/c17-14-5-4-12(7-15(14)18)10-22-13-3-1-2-11(6-13)8-19-9-16(20)21/h1-7,19H,8-10H2,(H,20,21). The van der Waals surface area contributed by atoms with Crippen molar-refractivity contribution in [3.63, 3.8) is 0 Å². The molecule has 0 atom stereocenters. The van der Waals surface area contributed by atoms with Gasteiger partial charge in [-0.3, -0.25) is 4.79 Å². The van der Waals surface area contributed by atoms with E-state index in [1.165, 1.54) is 0 Å². The van der Waals surface area contributed by atoms with Gasteiger partial charge in [0.25, 0.3) is 0 Å². The number of hydrogen-bond donors (Lipinski definition) is 2. The molecular formula is C16H15Cl2NO3. The number of carboxylic acid groups (broad SMARTS) is 1. The maximum absolute atomic E-state index is 10.5. The maximum atomic E-state index is 10.5. The Morgan fingerprint density at radius 3 is 2.64 bits per heavy atom. The highest BCUT2D eigenvalue weighted by Crippen LogP contribution is 2.23. The zero-order chi connectivity index (χ0) is 15.9. The number of aliphatic carboxylic acids is 1.